The van der Waals surface area contributed by atoms with Crippen molar-refractivity contribution in [2.24, 2.45) is 0 Å². The van der Waals surface area contributed by atoms with Crippen LogP contribution in [0.2, 0.25) is 0 Å². The lowest BCUT2D eigenvalue weighted by Crippen LogP contribution is -2.15. The fraction of sp³-hybridized carbons (Fsp3) is 0.0769. The number of benzene rings is 2. The smallest absolute Gasteiger partial charge is 0.264 e. The van der Waals surface area contributed by atoms with Gasteiger partial charge in [-0.2, -0.15) is 0 Å². The molecular formula is C13H12Br2N2O2S. The van der Waals surface area contributed by atoms with Crippen LogP contribution in [0.5, 0.6) is 0 Å². The summed E-state index contributed by atoms with van der Waals surface area (Å²) in [7, 11) is -3.74. The van der Waals surface area contributed by atoms with Gasteiger partial charge in [0.2, 0.25) is 0 Å². The molecule has 0 atom stereocenters. The first kappa shape index (κ1) is 15.3. The SMILES string of the molecule is Cc1cc(Br)c(NS(=O)(=O)c2ccccc2N)c(Br)c1. The summed E-state index contributed by atoms with van der Waals surface area (Å²) in [6, 6.07) is 9.99. The molecule has 0 spiro atoms. The van der Waals surface area contributed by atoms with Gasteiger partial charge in [-0.05, 0) is 68.6 Å². The Kier molecular flexibility index (Phi) is 4.41. The second-order valence-corrected chi connectivity index (χ2v) is 7.61. The van der Waals surface area contributed by atoms with Crippen LogP contribution in [0.4, 0.5) is 11.4 Å². The number of nitrogens with two attached hydrogens (primary N) is 1. The normalized spacial score (nSPS) is 11.3. The van der Waals surface area contributed by atoms with Crippen molar-refractivity contribution in [3.63, 3.8) is 0 Å². The summed E-state index contributed by atoms with van der Waals surface area (Å²) in [5.74, 6) is 0. The highest BCUT2D eigenvalue weighted by atomic mass is 79.9. The van der Waals surface area contributed by atoms with Gasteiger partial charge < -0.3 is 5.73 Å². The fourth-order valence-corrected chi connectivity index (χ4v) is 4.82. The Morgan fingerprint density at radius 1 is 1.10 bits per heavy atom. The van der Waals surface area contributed by atoms with Crippen molar-refractivity contribution in [3.8, 4) is 0 Å². The van der Waals surface area contributed by atoms with E-state index in [2.05, 4.69) is 36.6 Å². The van der Waals surface area contributed by atoms with E-state index in [0.717, 1.165) is 5.56 Å². The average Bonchev–Trinajstić information content (AvgIpc) is 2.34. The number of anilines is 2. The molecule has 0 unspecified atom stereocenters. The summed E-state index contributed by atoms with van der Waals surface area (Å²) >= 11 is 6.71. The van der Waals surface area contributed by atoms with E-state index in [0.29, 0.717) is 14.6 Å². The van der Waals surface area contributed by atoms with Crippen LogP contribution in [-0.4, -0.2) is 8.42 Å². The summed E-state index contributed by atoms with van der Waals surface area (Å²) in [5.41, 5.74) is 7.37. The quantitative estimate of drug-likeness (QED) is 0.741. The maximum Gasteiger partial charge on any atom is 0.264 e. The molecule has 0 aliphatic heterocycles. The van der Waals surface area contributed by atoms with E-state index in [4.69, 9.17) is 5.73 Å². The van der Waals surface area contributed by atoms with Crippen LogP contribution < -0.4 is 10.5 Å². The number of rotatable bonds is 3. The minimum absolute atomic E-state index is 0.0550. The van der Waals surface area contributed by atoms with Gasteiger partial charge >= 0.3 is 0 Å². The zero-order chi connectivity index (χ0) is 14.9. The Labute approximate surface area is 134 Å². The molecule has 0 amide bonds. The number of aryl methyl sites for hydroxylation is 1. The largest absolute Gasteiger partial charge is 0.398 e. The molecule has 0 saturated carbocycles. The number of sulfonamides is 1. The molecule has 4 nitrogen and oxygen atoms in total. The number of hydrogen-bond acceptors (Lipinski definition) is 3. The standard InChI is InChI=1S/C13H12Br2N2O2S/c1-8-6-9(14)13(10(15)7-8)17-20(18,19)12-5-3-2-4-11(12)16/h2-7,17H,16H2,1H3. The summed E-state index contributed by atoms with van der Waals surface area (Å²) in [6.07, 6.45) is 0. The van der Waals surface area contributed by atoms with Crippen LogP contribution in [0.15, 0.2) is 50.2 Å². The van der Waals surface area contributed by atoms with Crippen molar-refractivity contribution < 1.29 is 8.42 Å². The molecule has 0 heterocycles. The predicted octanol–water partition coefficient (Wildman–Crippen LogP) is 3.90. The van der Waals surface area contributed by atoms with E-state index in [9.17, 15) is 8.42 Å². The minimum Gasteiger partial charge on any atom is -0.398 e. The van der Waals surface area contributed by atoms with Gasteiger partial charge in [0.05, 0.1) is 11.4 Å². The van der Waals surface area contributed by atoms with Crippen LogP contribution in [0.1, 0.15) is 5.56 Å². The molecule has 0 aliphatic rings. The van der Waals surface area contributed by atoms with Gasteiger partial charge in [-0.3, -0.25) is 4.72 Å². The van der Waals surface area contributed by atoms with Crippen molar-refractivity contribution in [2.45, 2.75) is 11.8 Å². The van der Waals surface area contributed by atoms with Crippen molar-refractivity contribution in [1.82, 2.24) is 0 Å². The third-order valence-electron chi connectivity index (χ3n) is 2.63. The highest BCUT2D eigenvalue weighted by molar-refractivity contribution is 9.11. The third-order valence-corrected chi connectivity index (χ3v) is 5.31. The Morgan fingerprint density at radius 2 is 1.65 bits per heavy atom. The van der Waals surface area contributed by atoms with Gasteiger partial charge in [0.25, 0.3) is 10.0 Å². The summed E-state index contributed by atoms with van der Waals surface area (Å²) in [5, 5.41) is 0. The van der Waals surface area contributed by atoms with Gasteiger partial charge in [0.1, 0.15) is 4.90 Å². The Morgan fingerprint density at radius 3 is 2.20 bits per heavy atom. The molecular weight excluding hydrogens is 408 g/mol. The topological polar surface area (TPSA) is 72.2 Å². The first-order valence-corrected chi connectivity index (χ1v) is 8.71. The maximum absolute atomic E-state index is 12.4. The minimum atomic E-state index is -3.74. The third kappa shape index (κ3) is 3.16. The molecule has 0 radical (unpaired) electrons. The van der Waals surface area contributed by atoms with Crippen LogP contribution in [0.3, 0.4) is 0 Å². The molecule has 7 heteroatoms. The van der Waals surface area contributed by atoms with Gasteiger partial charge in [0.15, 0.2) is 0 Å². The molecule has 20 heavy (non-hydrogen) atoms. The second kappa shape index (κ2) is 5.75. The fourth-order valence-electron chi connectivity index (χ4n) is 1.71. The molecule has 0 saturated heterocycles. The molecule has 106 valence electrons. The van der Waals surface area contributed by atoms with E-state index in [1.54, 1.807) is 18.2 Å². The molecule has 3 N–H and O–H groups in total. The molecule has 0 aromatic heterocycles. The lowest BCUT2D eigenvalue weighted by atomic mass is 10.2. The van der Waals surface area contributed by atoms with Crippen molar-refractivity contribution >= 4 is 53.3 Å². The number of nitrogen functional groups attached to an aromatic ring is 1. The first-order chi connectivity index (χ1) is 9.31. The Balaban J connectivity index is 2.47. The van der Waals surface area contributed by atoms with Gasteiger partial charge in [-0.1, -0.05) is 12.1 Å². The maximum atomic E-state index is 12.4. The van der Waals surface area contributed by atoms with Crippen molar-refractivity contribution in [2.75, 3.05) is 10.5 Å². The Hall–Kier alpha value is -1.05. The molecule has 0 fully saturated rings. The number of halogens is 2. The van der Waals surface area contributed by atoms with Gasteiger partial charge in [-0.25, -0.2) is 8.42 Å². The summed E-state index contributed by atoms with van der Waals surface area (Å²) in [6.45, 7) is 1.92. The van der Waals surface area contributed by atoms with Crippen LogP contribution in [0.25, 0.3) is 0 Å². The zero-order valence-electron chi connectivity index (χ0n) is 10.5. The van der Waals surface area contributed by atoms with E-state index >= 15 is 0 Å². The van der Waals surface area contributed by atoms with Crippen LogP contribution in [0, 0.1) is 6.92 Å². The lowest BCUT2D eigenvalue weighted by Gasteiger charge is -2.13. The van der Waals surface area contributed by atoms with Gasteiger partial charge in [0, 0.05) is 8.95 Å². The first-order valence-electron chi connectivity index (χ1n) is 5.64. The van der Waals surface area contributed by atoms with E-state index < -0.39 is 10.0 Å². The highest BCUT2D eigenvalue weighted by Gasteiger charge is 2.19. The van der Waals surface area contributed by atoms with Gasteiger partial charge in [-0.15, -0.1) is 0 Å². The van der Waals surface area contributed by atoms with E-state index in [1.807, 2.05) is 19.1 Å². The average molecular weight is 420 g/mol. The molecule has 0 bridgehead atoms. The van der Waals surface area contributed by atoms with Crippen LogP contribution >= 0.6 is 31.9 Å². The predicted molar refractivity (Wildman–Crippen MR) is 88.2 cm³/mol. The van der Waals surface area contributed by atoms with E-state index in [1.165, 1.54) is 6.07 Å². The zero-order valence-corrected chi connectivity index (χ0v) is 14.5. The van der Waals surface area contributed by atoms with Crippen LogP contribution in [-0.2, 0) is 10.0 Å². The Bertz CT molecular complexity index is 738. The number of nitrogens with one attached hydrogen (secondary N) is 1. The molecule has 0 aliphatic carbocycles. The molecule has 2 aromatic carbocycles. The number of para-hydroxylation sites is 1. The van der Waals surface area contributed by atoms with E-state index in [-0.39, 0.29) is 10.6 Å². The van der Waals surface area contributed by atoms with Crippen molar-refractivity contribution in [1.29, 1.82) is 0 Å². The molecule has 2 rings (SSSR count). The monoisotopic (exact) mass is 418 g/mol. The lowest BCUT2D eigenvalue weighted by molar-refractivity contribution is 0.601. The highest BCUT2D eigenvalue weighted by Crippen LogP contribution is 2.34. The summed E-state index contributed by atoms with van der Waals surface area (Å²) < 4.78 is 28.6. The molecule has 2 aromatic rings. The van der Waals surface area contributed by atoms with Crippen molar-refractivity contribution in [3.05, 3.63) is 50.9 Å². The number of hydrogen-bond donors (Lipinski definition) is 2. The summed E-state index contributed by atoms with van der Waals surface area (Å²) in [4.78, 5) is 0.0550. The second-order valence-electron chi connectivity index (χ2n) is 4.25.